The summed E-state index contributed by atoms with van der Waals surface area (Å²) in [5, 5.41) is 20.8. The Morgan fingerprint density at radius 1 is 0.960 bits per heavy atom. The average molecular weight is 411 g/mol. The Hall–Kier alpha value is -2.54. The van der Waals surface area contributed by atoms with Gasteiger partial charge in [-0.25, -0.2) is 0 Å². The number of rotatable bonds is 3. The van der Waals surface area contributed by atoms with Crippen LogP contribution in [-0.4, -0.2) is 44.3 Å². The quantitative estimate of drug-likeness (QED) is 0.366. The van der Waals surface area contributed by atoms with Gasteiger partial charge in [0.05, 0.1) is 5.56 Å². The normalized spacial score (nSPS) is 10.4. The number of hydrogen-bond donors (Lipinski definition) is 5. The van der Waals surface area contributed by atoms with Crippen molar-refractivity contribution >= 4 is 35.9 Å². The number of hydrogen-bond acceptors (Lipinski definition) is 5. The zero-order chi connectivity index (χ0) is 19.2. The Labute approximate surface area is 146 Å². The van der Waals surface area contributed by atoms with E-state index in [1.54, 1.807) is 18.2 Å². The molecule has 5 N–H and O–H groups in total. The van der Waals surface area contributed by atoms with Crippen molar-refractivity contribution in [3.63, 3.8) is 0 Å². The van der Waals surface area contributed by atoms with Crippen LogP contribution in [0.4, 0.5) is 5.69 Å². The van der Waals surface area contributed by atoms with Gasteiger partial charge in [-0.15, -0.1) is 0 Å². The second-order valence-corrected chi connectivity index (χ2v) is 8.30. The number of ketones is 1. The van der Waals surface area contributed by atoms with Crippen molar-refractivity contribution in [2.75, 3.05) is 5.32 Å². The Kier molecular flexibility index (Phi) is 6.99. The minimum Gasteiger partial charge on any atom is -0.507 e. The third-order valence-electron chi connectivity index (χ3n) is 2.89. The van der Waals surface area contributed by atoms with E-state index < -0.39 is 24.3 Å². The number of carbonyl (C=O) groups excluding carboxylic acids is 2. The van der Waals surface area contributed by atoms with Gasteiger partial charge in [0.2, 0.25) is 0 Å². The van der Waals surface area contributed by atoms with E-state index in [1.807, 2.05) is 0 Å². The molecule has 0 saturated heterocycles. The van der Waals surface area contributed by atoms with Gasteiger partial charge in [0.25, 0.3) is 0 Å². The van der Waals surface area contributed by atoms with Crippen molar-refractivity contribution in [3.8, 4) is 11.5 Å². The van der Waals surface area contributed by atoms with Gasteiger partial charge in [0, 0.05) is 0 Å². The largest absolute Gasteiger partial charge is 0.507 e. The van der Waals surface area contributed by atoms with Crippen LogP contribution in [0.25, 0.3) is 0 Å². The van der Waals surface area contributed by atoms with Crippen molar-refractivity contribution < 1.29 is 31.7 Å². The predicted molar refractivity (Wildman–Crippen MR) is 91.0 cm³/mol. The van der Waals surface area contributed by atoms with Crippen LogP contribution in [0, 0.1) is 0 Å². The molecule has 0 aliphatic carbocycles. The molecule has 25 heavy (non-hydrogen) atoms. The zero-order valence-corrected chi connectivity index (χ0v) is 15.4. The van der Waals surface area contributed by atoms with E-state index in [1.165, 1.54) is 26.0 Å². The van der Waals surface area contributed by atoms with E-state index >= 15 is 0 Å². The minimum absolute atomic E-state index is 0.0509. The molecular weight excluding hydrogens is 393 g/mol. The van der Waals surface area contributed by atoms with Crippen LogP contribution in [-0.2, 0) is 8.53 Å². The Morgan fingerprint density at radius 2 is 1.56 bits per heavy atom. The van der Waals surface area contributed by atoms with Gasteiger partial charge in [-0.1, -0.05) is 12.1 Å². The third-order valence-corrected chi connectivity index (χ3v) is 5.00. The summed E-state index contributed by atoms with van der Waals surface area (Å²) in [4.78, 5) is 21.4. The van der Waals surface area contributed by atoms with Crippen LogP contribution in [0.1, 0.15) is 24.2 Å². The van der Waals surface area contributed by atoms with Crippen LogP contribution >= 0.6 is 0 Å². The molecule has 0 fully saturated rings. The summed E-state index contributed by atoms with van der Waals surface area (Å²) in [6, 6.07) is 10.0. The Bertz CT molecular complexity index is 829. The summed E-state index contributed by atoms with van der Waals surface area (Å²) in [6.07, 6.45) is 0. The van der Waals surface area contributed by atoms with Gasteiger partial charge in [-0.3, -0.25) is 4.79 Å². The predicted octanol–water partition coefficient (Wildman–Crippen LogP) is 0.506. The number of nitrogens with one attached hydrogen (secondary N) is 1. The molecule has 0 atom stereocenters. The first-order valence-electron chi connectivity index (χ1n) is 6.98. The van der Waals surface area contributed by atoms with Gasteiger partial charge in [-0.05, 0) is 19.1 Å². The van der Waals surface area contributed by atoms with Crippen LogP contribution in [0.15, 0.2) is 42.5 Å². The molecule has 0 radical (unpaired) electrons. The van der Waals surface area contributed by atoms with E-state index in [-0.39, 0.29) is 23.1 Å². The number of phenolic OH excluding ortho intramolecular Hbond substituents is 2. The molecule has 0 unspecified atom stereocenters. The molecule has 0 heterocycles. The second kappa shape index (κ2) is 8.52. The van der Waals surface area contributed by atoms with E-state index in [4.69, 9.17) is 13.3 Å². The number of para-hydroxylation sites is 1. The minimum atomic E-state index is -5.09. The van der Waals surface area contributed by atoms with Crippen molar-refractivity contribution in [1.29, 1.82) is 0 Å². The number of amides is 1. The van der Waals surface area contributed by atoms with Gasteiger partial charge >= 0.3 is 88.1 Å². The molecule has 2 rings (SSSR count). The topological polar surface area (TPSA) is 144 Å². The molecule has 9 heteroatoms. The standard InChI is InChI=1S/C8H10AsNO5.C8H8O2/c1-5(11)10-6-2-3-7(8(12)4-6)9(13,14)15;1-6(9)7-4-2-3-5-8(7)10/h2-4,12H,1H3,(H,10,11)(H2,13,14,15);2-5,10H,1H3. The van der Waals surface area contributed by atoms with Gasteiger partial charge in [-0.2, -0.15) is 0 Å². The van der Waals surface area contributed by atoms with Gasteiger partial charge in [0.1, 0.15) is 5.75 Å². The maximum atomic E-state index is 10.9. The molecule has 8 nitrogen and oxygen atoms in total. The van der Waals surface area contributed by atoms with Gasteiger partial charge < -0.3 is 5.11 Å². The number of phenols is 2. The fourth-order valence-electron chi connectivity index (χ4n) is 1.82. The van der Waals surface area contributed by atoms with Crippen LogP contribution in [0.3, 0.4) is 0 Å². The number of carbonyl (C=O) groups is 2. The second-order valence-electron chi connectivity index (χ2n) is 5.00. The number of Topliss-reactive ketones (excluding diaryl/α,β-unsaturated/α-hetero) is 1. The summed E-state index contributed by atoms with van der Waals surface area (Å²) < 4.78 is 28.2. The zero-order valence-electron chi connectivity index (χ0n) is 13.5. The van der Waals surface area contributed by atoms with Crippen molar-refractivity contribution in [2.24, 2.45) is 0 Å². The van der Waals surface area contributed by atoms with E-state index in [2.05, 4.69) is 5.32 Å². The Balaban J connectivity index is 0.000000271. The summed E-state index contributed by atoms with van der Waals surface area (Å²) in [6.45, 7) is 2.72. The molecular formula is C16H18AsNO7. The molecule has 0 spiro atoms. The molecule has 0 saturated carbocycles. The average Bonchev–Trinajstić information content (AvgIpc) is 2.46. The maximum absolute atomic E-state index is 10.9. The SMILES string of the molecule is CC(=O)Nc1ccc([As](=O)(O)O)c(O)c1.CC(=O)c1ccccc1O. The molecule has 0 aliphatic heterocycles. The molecule has 0 bridgehead atoms. The van der Waals surface area contributed by atoms with Crippen molar-refractivity contribution in [1.82, 2.24) is 0 Å². The van der Waals surface area contributed by atoms with Crippen LogP contribution in [0.2, 0.25) is 0 Å². The molecule has 0 aromatic heterocycles. The van der Waals surface area contributed by atoms with Crippen molar-refractivity contribution in [2.45, 2.75) is 13.8 Å². The summed E-state index contributed by atoms with van der Waals surface area (Å²) in [5.41, 5.74) is 0.662. The first-order chi connectivity index (χ1) is 11.5. The van der Waals surface area contributed by atoms with Crippen molar-refractivity contribution in [3.05, 3.63) is 48.0 Å². The molecule has 2 aromatic rings. The van der Waals surface area contributed by atoms with Crippen LogP contribution in [0.5, 0.6) is 11.5 Å². The Morgan fingerprint density at radius 3 is 1.96 bits per heavy atom. The molecule has 134 valence electrons. The molecule has 0 aliphatic rings. The van der Waals surface area contributed by atoms with E-state index in [0.717, 1.165) is 12.1 Å². The number of benzene rings is 2. The number of anilines is 1. The van der Waals surface area contributed by atoms with E-state index in [9.17, 15) is 18.4 Å². The smallest absolute Gasteiger partial charge is 0.163 e. The fourth-order valence-corrected chi connectivity index (χ4v) is 3.15. The van der Waals surface area contributed by atoms with Crippen LogP contribution < -0.4 is 9.67 Å². The monoisotopic (exact) mass is 411 g/mol. The fraction of sp³-hybridized carbons (Fsp3) is 0.125. The summed E-state index contributed by atoms with van der Waals surface area (Å²) in [7, 11) is 0. The first-order valence-corrected chi connectivity index (χ1v) is 10.4. The summed E-state index contributed by atoms with van der Waals surface area (Å²) in [5.74, 6) is -0.912. The van der Waals surface area contributed by atoms with E-state index in [0.29, 0.717) is 5.56 Å². The van der Waals surface area contributed by atoms with Gasteiger partial charge in [0.15, 0.2) is 5.78 Å². The first kappa shape index (κ1) is 20.5. The molecule has 2 aromatic carbocycles. The number of aromatic hydroxyl groups is 2. The maximum Gasteiger partial charge on any atom is 0.163 e. The summed E-state index contributed by atoms with van der Waals surface area (Å²) >= 11 is -5.09. The third kappa shape index (κ3) is 6.46. The molecule has 1 amide bonds.